The molecular formula is C25H25FN4O3. The number of halogens is 1. The van der Waals surface area contributed by atoms with Crippen LogP contribution in [0.25, 0.3) is 0 Å². The van der Waals surface area contributed by atoms with E-state index in [4.69, 9.17) is 4.74 Å². The van der Waals surface area contributed by atoms with Gasteiger partial charge in [-0.25, -0.2) is 9.18 Å². The summed E-state index contributed by atoms with van der Waals surface area (Å²) in [6.07, 6.45) is 0.909. The van der Waals surface area contributed by atoms with Crippen molar-refractivity contribution in [1.82, 2.24) is 5.32 Å². The molecule has 0 spiro atoms. The van der Waals surface area contributed by atoms with Crippen LogP contribution in [0, 0.1) is 5.82 Å². The fourth-order valence-corrected chi connectivity index (χ4v) is 3.71. The first kappa shape index (κ1) is 22.1. The SMILES string of the molecule is CC(=O)NC1CCN(c2ccc(NC(=O)Nc3ccc(Oc4ccccc4F)cc3)cc2)C1. The molecule has 0 saturated carbocycles. The van der Waals surface area contributed by atoms with E-state index in [9.17, 15) is 14.0 Å². The van der Waals surface area contributed by atoms with E-state index in [2.05, 4.69) is 20.9 Å². The number of ether oxygens (including phenoxy) is 1. The Kier molecular flexibility index (Phi) is 6.73. The average molecular weight is 448 g/mol. The van der Waals surface area contributed by atoms with Crippen molar-refractivity contribution in [3.05, 3.63) is 78.6 Å². The largest absolute Gasteiger partial charge is 0.454 e. The number of anilines is 3. The number of carbonyl (C=O) groups excluding carboxylic acids is 2. The van der Waals surface area contributed by atoms with E-state index in [1.807, 2.05) is 24.3 Å². The zero-order valence-electron chi connectivity index (χ0n) is 18.2. The molecule has 0 aromatic heterocycles. The molecule has 170 valence electrons. The highest BCUT2D eigenvalue weighted by Gasteiger charge is 2.23. The maximum absolute atomic E-state index is 13.7. The molecule has 7 nitrogen and oxygen atoms in total. The Morgan fingerprint density at radius 2 is 1.58 bits per heavy atom. The second-order valence-corrected chi connectivity index (χ2v) is 7.81. The first-order chi connectivity index (χ1) is 16.0. The van der Waals surface area contributed by atoms with Crippen LogP contribution in [0.15, 0.2) is 72.8 Å². The van der Waals surface area contributed by atoms with E-state index in [1.165, 1.54) is 13.0 Å². The molecule has 0 bridgehead atoms. The van der Waals surface area contributed by atoms with Gasteiger partial charge in [0.2, 0.25) is 5.91 Å². The number of rotatable bonds is 6. The van der Waals surface area contributed by atoms with E-state index in [1.54, 1.807) is 42.5 Å². The summed E-state index contributed by atoms with van der Waals surface area (Å²) in [6, 6.07) is 20.2. The van der Waals surface area contributed by atoms with Crippen LogP contribution < -0.4 is 25.6 Å². The number of hydrogen-bond acceptors (Lipinski definition) is 4. The number of carbonyl (C=O) groups is 2. The van der Waals surface area contributed by atoms with Crippen molar-refractivity contribution in [1.29, 1.82) is 0 Å². The van der Waals surface area contributed by atoms with Crippen molar-refractivity contribution in [2.45, 2.75) is 19.4 Å². The Morgan fingerprint density at radius 1 is 0.939 bits per heavy atom. The van der Waals surface area contributed by atoms with Gasteiger partial charge in [0.25, 0.3) is 0 Å². The summed E-state index contributed by atoms with van der Waals surface area (Å²) in [6.45, 7) is 3.17. The predicted octanol–water partition coefficient (Wildman–Crippen LogP) is 4.98. The molecule has 1 heterocycles. The fourth-order valence-electron chi connectivity index (χ4n) is 3.71. The molecule has 8 heteroatoms. The second kappa shape index (κ2) is 10.0. The molecule has 1 fully saturated rings. The summed E-state index contributed by atoms with van der Waals surface area (Å²) in [5.41, 5.74) is 2.28. The van der Waals surface area contributed by atoms with E-state index < -0.39 is 5.82 Å². The number of urea groups is 1. The lowest BCUT2D eigenvalue weighted by atomic mass is 10.2. The molecule has 0 radical (unpaired) electrons. The van der Waals surface area contributed by atoms with Crippen LogP contribution in [-0.2, 0) is 4.79 Å². The quantitative estimate of drug-likeness (QED) is 0.497. The molecule has 1 aliphatic rings. The van der Waals surface area contributed by atoms with Crippen LogP contribution in [0.2, 0.25) is 0 Å². The summed E-state index contributed by atoms with van der Waals surface area (Å²) in [4.78, 5) is 25.8. The number of hydrogen-bond donors (Lipinski definition) is 3. The highest BCUT2D eigenvalue weighted by atomic mass is 19.1. The highest BCUT2D eigenvalue weighted by Crippen LogP contribution is 2.26. The third-order valence-corrected chi connectivity index (χ3v) is 5.26. The van der Waals surface area contributed by atoms with E-state index in [0.717, 1.165) is 25.2 Å². The molecule has 3 aromatic rings. The summed E-state index contributed by atoms with van der Waals surface area (Å²) < 4.78 is 19.2. The fraction of sp³-hybridized carbons (Fsp3) is 0.200. The molecule has 1 saturated heterocycles. The number of benzene rings is 3. The maximum atomic E-state index is 13.7. The zero-order valence-corrected chi connectivity index (χ0v) is 18.2. The number of amides is 3. The van der Waals surface area contributed by atoms with Crippen LogP contribution in [0.4, 0.5) is 26.2 Å². The molecule has 3 aromatic carbocycles. The van der Waals surface area contributed by atoms with Crippen molar-refractivity contribution in [3.8, 4) is 11.5 Å². The van der Waals surface area contributed by atoms with Gasteiger partial charge in [-0.3, -0.25) is 4.79 Å². The molecule has 33 heavy (non-hydrogen) atoms. The Bertz CT molecular complexity index is 1120. The molecule has 1 aliphatic heterocycles. The minimum atomic E-state index is -0.442. The lowest BCUT2D eigenvalue weighted by molar-refractivity contribution is -0.119. The lowest BCUT2D eigenvalue weighted by Gasteiger charge is -2.19. The molecule has 1 unspecified atom stereocenters. The van der Waals surface area contributed by atoms with Crippen molar-refractivity contribution in [2.24, 2.45) is 0 Å². The summed E-state index contributed by atoms with van der Waals surface area (Å²) in [5.74, 6) is 0.144. The van der Waals surface area contributed by atoms with Gasteiger partial charge in [-0.2, -0.15) is 0 Å². The Hall–Kier alpha value is -4.07. The maximum Gasteiger partial charge on any atom is 0.323 e. The third-order valence-electron chi connectivity index (χ3n) is 5.26. The average Bonchev–Trinajstić information content (AvgIpc) is 3.25. The van der Waals surface area contributed by atoms with Gasteiger partial charge in [0, 0.05) is 43.1 Å². The van der Waals surface area contributed by atoms with Gasteiger partial charge < -0.3 is 25.6 Å². The first-order valence-electron chi connectivity index (χ1n) is 10.7. The van der Waals surface area contributed by atoms with Crippen LogP contribution in [0.3, 0.4) is 0 Å². The summed E-state index contributed by atoms with van der Waals surface area (Å²) >= 11 is 0. The first-order valence-corrected chi connectivity index (χ1v) is 10.7. The van der Waals surface area contributed by atoms with Gasteiger partial charge in [0.15, 0.2) is 11.6 Å². The minimum Gasteiger partial charge on any atom is -0.454 e. The Balaban J connectivity index is 1.28. The monoisotopic (exact) mass is 448 g/mol. The zero-order chi connectivity index (χ0) is 23.2. The number of para-hydroxylation sites is 1. The van der Waals surface area contributed by atoms with Gasteiger partial charge in [-0.05, 0) is 67.1 Å². The second-order valence-electron chi connectivity index (χ2n) is 7.81. The molecule has 0 aliphatic carbocycles. The van der Waals surface area contributed by atoms with Crippen molar-refractivity contribution in [3.63, 3.8) is 0 Å². The van der Waals surface area contributed by atoms with Crippen LogP contribution in [-0.4, -0.2) is 31.1 Å². The number of nitrogens with one attached hydrogen (secondary N) is 3. The standard InChI is InChI=1S/C25H25FN4O3/c1-17(31)27-20-14-15-30(16-20)21-10-6-18(7-11-21)28-25(32)29-19-8-12-22(13-9-19)33-24-5-3-2-4-23(24)26/h2-13,20H,14-16H2,1H3,(H,27,31)(H2,28,29,32). The Labute approximate surface area is 191 Å². The van der Waals surface area contributed by atoms with Crippen molar-refractivity contribution in [2.75, 3.05) is 28.6 Å². The summed E-state index contributed by atoms with van der Waals surface area (Å²) in [7, 11) is 0. The third kappa shape index (κ3) is 6.00. The smallest absolute Gasteiger partial charge is 0.323 e. The minimum absolute atomic E-state index is 0.0142. The summed E-state index contributed by atoms with van der Waals surface area (Å²) in [5, 5.41) is 8.50. The van der Waals surface area contributed by atoms with Gasteiger partial charge in [-0.15, -0.1) is 0 Å². The van der Waals surface area contributed by atoms with Crippen LogP contribution in [0.1, 0.15) is 13.3 Å². The van der Waals surface area contributed by atoms with Crippen LogP contribution in [0.5, 0.6) is 11.5 Å². The molecule has 4 rings (SSSR count). The highest BCUT2D eigenvalue weighted by molar-refractivity contribution is 5.99. The molecular weight excluding hydrogens is 423 g/mol. The van der Waals surface area contributed by atoms with Gasteiger partial charge in [0.1, 0.15) is 5.75 Å². The van der Waals surface area contributed by atoms with Gasteiger partial charge in [-0.1, -0.05) is 12.1 Å². The Morgan fingerprint density at radius 3 is 2.21 bits per heavy atom. The predicted molar refractivity (Wildman–Crippen MR) is 126 cm³/mol. The van der Waals surface area contributed by atoms with E-state index in [-0.39, 0.29) is 23.7 Å². The normalized spacial score (nSPS) is 15.1. The molecule has 1 atom stereocenters. The van der Waals surface area contributed by atoms with E-state index >= 15 is 0 Å². The van der Waals surface area contributed by atoms with Crippen molar-refractivity contribution < 1.29 is 18.7 Å². The van der Waals surface area contributed by atoms with E-state index in [0.29, 0.717) is 17.1 Å². The molecule has 3 N–H and O–H groups in total. The van der Waals surface area contributed by atoms with Gasteiger partial charge >= 0.3 is 6.03 Å². The van der Waals surface area contributed by atoms with Crippen molar-refractivity contribution >= 4 is 29.0 Å². The number of nitrogens with zero attached hydrogens (tertiary/aromatic N) is 1. The molecule has 3 amide bonds. The topological polar surface area (TPSA) is 82.7 Å². The lowest BCUT2D eigenvalue weighted by Crippen LogP contribution is -2.35. The van der Waals surface area contributed by atoms with Crippen LogP contribution >= 0.6 is 0 Å². The van der Waals surface area contributed by atoms with Gasteiger partial charge in [0.05, 0.1) is 0 Å².